The van der Waals surface area contributed by atoms with Crippen molar-refractivity contribution >= 4 is 29.1 Å². The standard InChI is InChI=1S/C20H22N4O4/c1-13(12-19(26)22-17-6-4-5-7-18(17)28-3)23-24-20(27)15-8-10-16(11-9-15)21-14(2)25/h4-7,10-11H,8,12H2,1-3H3,(H,21,25)(H,22,26)(H,24,27)/b23-13+. The zero-order chi connectivity index (χ0) is 20.5. The van der Waals surface area contributed by atoms with Gasteiger partial charge in [0.1, 0.15) is 5.75 Å². The van der Waals surface area contributed by atoms with Crippen LogP contribution in [-0.2, 0) is 14.4 Å². The summed E-state index contributed by atoms with van der Waals surface area (Å²) in [6.07, 6.45) is 3.57. The highest BCUT2D eigenvalue weighted by Gasteiger charge is 2.12. The molecule has 0 saturated carbocycles. The maximum absolute atomic E-state index is 12.1. The van der Waals surface area contributed by atoms with Crippen LogP contribution in [0.1, 0.15) is 26.7 Å². The third kappa shape index (κ3) is 6.26. The molecule has 0 unspecified atom stereocenters. The molecule has 0 aromatic heterocycles. The van der Waals surface area contributed by atoms with Crippen molar-refractivity contribution in [3.8, 4) is 5.75 Å². The van der Waals surface area contributed by atoms with Crippen molar-refractivity contribution in [1.82, 2.24) is 10.7 Å². The fraction of sp³-hybridized carbons (Fsp3) is 0.250. The summed E-state index contributed by atoms with van der Waals surface area (Å²) in [7, 11) is 1.52. The molecule has 28 heavy (non-hydrogen) atoms. The summed E-state index contributed by atoms with van der Waals surface area (Å²) in [6, 6.07) is 7.07. The lowest BCUT2D eigenvalue weighted by molar-refractivity contribution is -0.118. The van der Waals surface area contributed by atoms with E-state index in [-0.39, 0.29) is 18.2 Å². The Morgan fingerprint density at radius 2 is 1.93 bits per heavy atom. The third-order valence-electron chi connectivity index (χ3n) is 3.67. The summed E-state index contributed by atoms with van der Waals surface area (Å²) in [5.74, 6) is -0.330. The van der Waals surface area contributed by atoms with Crippen LogP contribution in [0.5, 0.6) is 5.75 Å². The Bertz CT molecular complexity index is 909. The first-order chi connectivity index (χ1) is 13.4. The molecule has 0 bridgehead atoms. The van der Waals surface area contributed by atoms with Crippen LogP contribution in [0, 0.1) is 0 Å². The average Bonchev–Trinajstić information content (AvgIpc) is 2.66. The zero-order valence-electron chi connectivity index (χ0n) is 16.0. The number of anilines is 1. The predicted octanol–water partition coefficient (Wildman–Crippen LogP) is 2.02. The van der Waals surface area contributed by atoms with Gasteiger partial charge in [0.2, 0.25) is 11.8 Å². The summed E-state index contributed by atoms with van der Waals surface area (Å²) in [5, 5.41) is 9.31. The summed E-state index contributed by atoms with van der Waals surface area (Å²) >= 11 is 0. The van der Waals surface area contributed by atoms with E-state index in [9.17, 15) is 14.4 Å². The second-order valence-corrected chi connectivity index (χ2v) is 6.03. The maximum atomic E-state index is 12.1. The van der Waals surface area contributed by atoms with E-state index in [1.165, 1.54) is 20.1 Å². The number of rotatable bonds is 7. The molecule has 8 heteroatoms. The molecular formula is C20H22N4O4. The van der Waals surface area contributed by atoms with Gasteiger partial charge in [-0.2, -0.15) is 5.10 Å². The normalized spacial score (nSPS) is 13.2. The van der Waals surface area contributed by atoms with Crippen LogP contribution in [0.3, 0.4) is 0 Å². The number of nitrogens with zero attached hydrogens (tertiary/aromatic N) is 1. The number of carbonyl (C=O) groups is 3. The predicted molar refractivity (Wildman–Crippen MR) is 106 cm³/mol. The molecule has 0 atom stereocenters. The summed E-state index contributed by atoms with van der Waals surface area (Å²) in [5.41, 5.74) is 7.20. The number of hydrazone groups is 1. The molecule has 0 radical (unpaired) electrons. The molecule has 3 N–H and O–H groups in total. The van der Waals surface area contributed by atoms with Crippen molar-refractivity contribution in [3.63, 3.8) is 0 Å². The van der Waals surface area contributed by atoms with Crippen molar-refractivity contribution in [2.45, 2.75) is 26.7 Å². The fourth-order valence-electron chi connectivity index (χ4n) is 2.37. The minimum absolute atomic E-state index is 0.0137. The van der Waals surface area contributed by atoms with Crippen LogP contribution in [0.25, 0.3) is 0 Å². The Labute approximate surface area is 163 Å². The Morgan fingerprint density at radius 3 is 2.57 bits per heavy atom. The van der Waals surface area contributed by atoms with Gasteiger partial charge in [0, 0.05) is 30.8 Å². The lowest BCUT2D eigenvalue weighted by Crippen LogP contribution is -2.24. The molecule has 0 aliphatic heterocycles. The van der Waals surface area contributed by atoms with Gasteiger partial charge in [0.05, 0.1) is 24.8 Å². The lowest BCUT2D eigenvalue weighted by Gasteiger charge is -2.10. The number of carbonyl (C=O) groups excluding carboxylic acids is 3. The van der Waals surface area contributed by atoms with E-state index in [4.69, 9.17) is 4.74 Å². The Kier molecular flexibility index (Phi) is 7.30. The topological polar surface area (TPSA) is 109 Å². The molecular weight excluding hydrogens is 360 g/mol. The second kappa shape index (κ2) is 9.89. The van der Waals surface area contributed by atoms with Crippen molar-refractivity contribution in [2.75, 3.05) is 12.4 Å². The molecule has 1 aliphatic carbocycles. The maximum Gasteiger partial charge on any atom is 0.275 e. The number of nitrogens with one attached hydrogen (secondary N) is 3. The van der Waals surface area contributed by atoms with Gasteiger partial charge < -0.3 is 15.4 Å². The molecule has 0 fully saturated rings. The van der Waals surface area contributed by atoms with Crippen LogP contribution >= 0.6 is 0 Å². The first kappa shape index (κ1) is 20.7. The zero-order valence-corrected chi connectivity index (χ0v) is 16.0. The van der Waals surface area contributed by atoms with Crippen LogP contribution in [0.4, 0.5) is 5.69 Å². The SMILES string of the molecule is COc1ccccc1NC(=O)C/C(C)=N/NC(=O)C1=C=CC(NC(C)=O)=CC1. The van der Waals surface area contributed by atoms with Crippen molar-refractivity contribution in [1.29, 1.82) is 0 Å². The number of hydrogen-bond donors (Lipinski definition) is 3. The van der Waals surface area contributed by atoms with Gasteiger partial charge >= 0.3 is 0 Å². The van der Waals surface area contributed by atoms with E-state index in [1.54, 1.807) is 37.3 Å². The second-order valence-electron chi connectivity index (χ2n) is 6.03. The van der Waals surface area contributed by atoms with Crippen molar-refractivity contribution < 1.29 is 19.1 Å². The fourth-order valence-corrected chi connectivity index (χ4v) is 2.37. The van der Waals surface area contributed by atoms with Gasteiger partial charge in [-0.15, -0.1) is 5.73 Å². The molecule has 1 aliphatic rings. The summed E-state index contributed by atoms with van der Waals surface area (Å²) < 4.78 is 5.18. The number of allylic oxidation sites excluding steroid dienone is 2. The number of ether oxygens (including phenoxy) is 1. The summed E-state index contributed by atoms with van der Waals surface area (Å²) in [6.45, 7) is 3.05. The molecule has 1 aromatic carbocycles. The van der Waals surface area contributed by atoms with Crippen molar-refractivity contribution in [3.05, 3.63) is 53.4 Å². The molecule has 0 saturated heterocycles. The van der Waals surface area contributed by atoms with E-state index in [0.717, 1.165) is 0 Å². The van der Waals surface area contributed by atoms with Gasteiger partial charge in [0.25, 0.3) is 5.91 Å². The smallest absolute Gasteiger partial charge is 0.275 e. The quantitative estimate of drug-likeness (QED) is 0.381. The van der Waals surface area contributed by atoms with E-state index in [0.29, 0.717) is 34.8 Å². The van der Waals surface area contributed by atoms with Crippen LogP contribution in [0.2, 0.25) is 0 Å². The molecule has 3 amide bonds. The Balaban J connectivity index is 1.88. The number of para-hydroxylation sites is 2. The number of hydrogen-bond acceptors (Lipinski definition) is 5. The van der Waals surface area contributed by atoms with Gasteiger partial charge in [-0.3, -0.25) is 14.4 Å². The largest absolute Gasteiger partial charge is 0.495 e. The van der Waals surface area contributed by atoms with Crippen molar-refractivity contribution in [2.24, 2.45) is 5.10 Å². The number of benzene rings is 1. The number of amides is 3. The average molecular weight is 382 g/mol. The van der Waals surface area contributed by atoms with E-state index in [2.05, 4.69) is 26.9 Å². The Hall–Kier alpha value is -3.64. The molecule has 146 valence electrons. The molecule has 8 nitrogen and oxygen atoms in total. The minimum Gasteiger partial charge on any atom is -0.495 e. The van der Waals surface area contributed by atoms with Gasteiger partial charge in [0.15, 0.2) is 0 Å². The van der Waals surface area contributed by atoms with E-state index < -0.39 is 5.91 Å². The van der Waals surface area contributed by atoms with E-state index >= 15 is 0 Å². The van der Waals surface area contributed by atoms with E-state index in [1.807, 2.05) is 0 Å². The minimum atomic E-state index is -0.418. The molecule has 2 rings (SSSR count). The Morgan fingerprint density at radius 1 is 1.18 bits per heavy atom. The first-order valence-electron chi connectivity index (χ1n) is 8.58. The highest BCUT2D eigenvalue weighted by atomic mass is 16.5. The van der Waals surface area contributed by atoms with Crippen LogP contribution in [0.15, 0.2) is 58.5 Å². The molecule has 0 spiro atoms. The number of methoxy groups -OCH3 is 1. The van der Waals surface area contributed by atoms with Crippen LogP contribution < -0.4 is 20.8 Å². The molecule has 0 heterocycles. The highest BCUT2D eigenvalue weighted by Crippen LogP contribution is 2.23. The highest BCUT2D eigenvalue weighted by molar-refractivity contribution is 6.06. The van der Waals surface area contributed by atoms with Gasteiger partial charge in [-0.1, -0.05) is 18.2 Å². The van der Waals surface area contributed by atoms with Gasteiger partial charge in [-0.25, -0.2) is 5.43 Å². The molecule has 1 aromatic rings. The monoisotopic (exact) mass is 382 g/mol. The first-order valence-corrected chi connectivity index (χ1v) is 8.58. The third-order valence-corrected chi connectivity index (χ3v) is 3.67. The lowest BCUT2D eigenvalue weighted by atomic mass is 10.1. The van der Waals surface area contributed by atoms with Gasteiger partial charge in [-0.05, 0) is 19.1 Å². The summed E-state index contributed by atoms with van der Waals surface area (Å²) in [4.78, 5) is 35.3. The van der Waals surface area contributed by atoms with Crippen LogP contribution in [-0.4, -0.2) is 30.5 Å².